The van der Waals surface area contributed by atoms with E-state index in [4.69, 9.17) is 17.3 Å². The first kappa shape index (κ1) is 21.0. The van der Waals surface area contributed by atoms with Crippen LogP contribution >= 0.6 is 11.6 Å². The number of hydrogen-bond donors (Lipinski definition) is 2. The third-order valence-corrected chi connectivity index (χ3v) is 4.40. The fourth-order valence-corrected chi connectivity index (χ4v) is 2.79. The highest BCUT2D eigenvalue weighted by atomic mass is 35.5. The standard InChI is InChI=1S/C24H18ClFN2O2/c25-19-9-7-18(8-10-19)23(29)11-5-16-13-17(15-20(26)14-16)6-12-24(30)28-22-4-2-1-3-21(22)27/h1-15H,27H2,(H,28,30)/b11-5+,12-6+. The average Bonchev–Trinajstić information content (AvgIpc) is 2.72. The van der Waals surface area contributed by atoms with Crippen molar-refractivity contribution in [3.05, 3.63) is 106 Å². The van der Waals surface area contributed by atoms with Crippen LogP contribution in [0, 0.1) is 5.82 Å². The lowest BCUT2D eigenvalue weighted by Crippen LogP contribution is -2.09. The number of carbonyl (C=O) groups is 2. The lowest BCUT2D eigenvalue weighted by Gasteiger charge is -2.05. The molecule has 3 aromatic carbocycles. The van der Waals surface area contributed by atoms with Gasteiger partial charge >= 0.3 is 0 Å². The van der Waals surface area contributed by atoms with Crippen LogP contribution in [0.3, 0.4) is 0 Å². The second-order valence-corrected chi connectivity index (χ2v) is 6.87. The Morgan fingerprint density at radius 1 is 0.900 bits per heavy atom. The van der Waals surface area contributed by atoms with Gasteiger partial charge in [-0.05, 0) is 77.9 Å². The lowest BCUT2D eigenvalue weighted by molar-refractivity contribution is -0.111. The first-order chi connectivity index (χ1) is 14.4. The summed E-state index contributed by atoms with van der Waals surface area (Å²) >= 11 is 5.82. The van der Waals surface area contributed by atoms with Crippen molar-refractivity contribution in [2.75, 3.05) is 11.1 Å². The molecule has 0 saturated heterocycles. The zero-order chi connectivity index (χ0) is 21.5. The van der Waals surface area contributed by atoms with Crippen LogP contribution in [0.25, 0.3) is 12.2 Å². The molecular formula is C24H18ClFN2O2. The number of benzene rings is 3. The molecule has 0 bridgehead atoms. The zero-order valence-electron chi connectivity index (χ0n) is 15.8. The van der Waals surface area contributed by atoms with E-state index in [1.54, 1.807) is 54.6 Å². The Morgan fingerprint density at radius 3 is 2.20 bits per heavy atom. The molecule has 0 fully saturated rings. The summed E-state index contributed by atoms with van der Waals surface area (Å²) in [6, 6.07) is 17.6. The Balaban J connectivity index is 1.70. The molecule has 0 aliphatic rings. The molecule has 3 N–H and O–H groups in total. The maximum absolute atomic E-state index is 14.0. The summed E-state index contributed by atoms with van der Waals surface area (Å²) in [5, 5.41) is 3.20. The number of nitrogens with two attached hydrogens (primary N) is 1. The largest absolute Gasteiger partial charge is 0.397 e. The molecule has 4 nitrogen and oxygen atoms in total. The second-order valence-electron chi connectivity index (χ2n) is 6.43. The van der Waals surface area contributed by atoms with Crippen molar-refractivity contribution in [3.8, 4) is 0 Å². The van der Waals surface area contributed by atoms with Gasteiger partial charge in [-0.2, -0.15) is 0 Å². The van der Waals surface area contributed by atoms with Crippen LogP contribution in [-0.4, -0.2) is 11.7 Å². The molecule has 6 heteroatoms. The van der Waals surface area contributed by atoms with E-state index >= 15 is 0 Å². The molecule has 0 atom stereocenters. The fraction of sp³-hybridized carbons (Fsp3) is 0. The predicted molar refractivity (Wildman–Crippen MR) is 120 cm³/mol. The summed E-state index contributed by atoms with van der Waals surface area (Å²) in [7, 11) is 0. The summed E-state index contributed by atoms with van der Waals surface area (Å²) in [6.07, 6.45) is 5.64. The third kappa shape index (κ3) is 5.90. The third-order valence-electron chi connectivity index (χ3n) is 4.14. The van der Waals surface area contributed by atoms with Gasteiger partial charge in [0.1, 0.15) is 5.82 Å². The van der Waals surface area contributed by atoms with Crippen molar-refractivity contribution in [3.63, 3.8) is 0 Å². The van der Waals surface area contributed by atoms with Crippen molar-refractivity contribution in [1.29, 1.82) is 0 Å². The minimum absolute atomic E-state index is 0.229. The molecule has 0 aromatic heterocycles. The molecule has 150 valence electrons. The number of hydrogen-bond acceptors (Lipinski definition) is 3. The smallest absolute Gasteiger partial charge is 0.248 e. The monoisotopic (exact) mass is 420 g/mol. The molecule has 0 aliphatic carbocycles. The van der Waals surface area contributed by atoms with Crippen LogP contribution in [0.1, 0.15) is 21.5 Å². The number of nitrogen functional groups attached to an aromatic ring is 1. The molecule has 0 radical (unpaired) electrons. The van der Waals surface area contributed by atoms with Crippen LogP contribution in [-0.2, 0) is 4.79 Å². The van der Waals surface area contributed by atoms with E-state index in [1.807, 2.05) is 0 Å². The van der Waals surface area contributed by atoms with Crippen LogP contribution in [0.4, 0.5) is 15.8 Å². The van der Waals surface area contributed by atoms with Crippen molar-refractivity contribution >= 4 is 46.8 Å². The minimum atomic E-state index is -0.483. The van der Waals surface area contributed by atoms with Gasteiger partial charge in [-0.3, -0.25) is 9.59 Å². The Morgan fingerprint density at radius 2 is 1.53 bits per heavy atom. The number of nitrogens with one attached hydrogen (secondary N) is 1. The van der Waals surface area contributed by atoms with E-state index in [-0.39, 0.29) is 5.78 Å². The van der Waals surface area contributed by atoms with Crippen molar-refractivity contribution < 1.29 is 14.0 Å². The van der Waals surface area contributed by atoms with E-state index in [2.05, 4.69) is 5.32 Å². The molecule has 3 aromatic rings. The molecule has 0 unspecified atom stereocenters. The topological polar surface area (TPSA) is 72.2 Å². The second kappa shape index (κ2) is 9.67. The SMILES string of the molecule is Nc1ccccc1NC(=O)/C=C/c1cc(F)cc(/C=C/C(=O)c2ccc(Cl)cc2)c1. The zero-order valence-corrected chi connectivity index (χ0v) is 16.6. The van der Waals surface area contributed by atoms with Crippen LogP contribution in [0.15, 0.2) is 78.9 Å². The molecule has 1 amide bonds. The number of carbonyl (C=O) groups excluding carboxylic acids is 2. The van der Waals surface area contributed by atoms with Crippen molar-refractivity contribution in [2.45, 2.75) is 0 Å². The Labute approximate surface area is 178 Å². The van der Waals surface area contributed by atoms with E-state index < -0.39 is 11.7 Å². The van der Waals surface area contributed by atoms with Gasteiger partial charge in [-0.25, -0.2) is 4.39 Å². The first-order valence-corrected chi connectivity index (χ1v) is 9.40. The maximum Gasteiger partial charge on any atom is 0.248 e. The molecule has 0 saturated carbocycles. The van der Waals surface area contributed by atoms with Gasteiger partial charge in [-0.1, -0.05) is 29.8 Å². The number of para-hydroxylation sites is 2. The normalized spacial score (nSPS) is 11.1. The number of allylic oxidation sites excluding steroid dienone is 1. The van der Waals surface area contributed by atoms with Gasteiger partial charge in [-0.15, -0.1) is 0 Å². The molecule has 0 spiro atoms. The number of halogens is 2. The van der Waals surface area contributed by atoms with Crippen molar-refractivity contribution in [2.24, 2.45) is 0 Å². The van der Waals surface area contributed by atoms with Gasteiger partial charge in [0.05, 0.1) is 11.4 Å². The Kier molecular flexibility index (Phi) is 6.78. The fourth-order valence-electron chi connectivity index (χ4n) is 2.67. The molecule has 30 heavy (non-hydrogen) atoms. The first-order valence-electron chi connectivity index (χ1n) is 9.03. The number of ketones is 1. The van der Waals surface area contributed by atoms with Gasteiger partial charge in [0.15, 0.2) is 5.78 Å². The average molecular weight is 421 g/mol. The number of amides is 1. The van der Waals surface area contributed by atoms with Gasteiger partial charge in [0.2, 0.25) is 5.91 Å². The summed E-state index contributed by atoms with van der Waals surface area (Å²) in [5.41, 5.74) is 8.18. The summed E-state index contributed by atoms with van der Waals surface area (Å²) in [5.74, 6) is -1.11. The van der Waals surface area contributed by atoms with Gasteiger partial charge in [0, 0.05) is 16.7 Å². The lowest BCUT2D eigenvalue weighted by atomic mass is 10.1. The number of rotatable bonds is 6. The van der Waals surface area contributed by atoms with Crippen LogP contribution < -0.4 is 11.1 Å². The Hall–Kier alpha value is -3.70. The summed E-state index contributed by atoms with van der Waals surface area (Å²) in [6.45, 7) is 0. The highest BCUT2D eigenvalue weighted by Gasteiger charge is 2.04. The Bertz CT molecular complexity index is 1140. The van der Waals surface area contributed by atoms with Gasteiger partial charge in [0.25, 0.3) is 0 Å². The minimum Gasteiger partial charge on any atom is -0.397 e. The summed E-state index contributed by atoms with van der Waals surface area (Å²) in [4.78, 5) is 24.3. The maximum atomic E-state index is 14.0. The van der Waals surface area contributed by atoms with E-state index in [9.17, 15) is 14.0 Å². The van der Waals surface area contributed by atoms with E-state index in [0.29, 0.717) is 33.1 Å². The molecule has 0 aliphatic heterocycles. The molecular weight excluding hydrogens is 403 g/mol. The number of anilines is 2. The van der Waals surface area contributed by atoms with Crippen molar-refractivity contribution in [1.82, 2.24) is 0 Å². The van der Waals surface area contributed by atoms with E-state index in [0.717, 1.165) is 0 Å². The van der Waals surface area contributed by atoms with Crippen LogP contribution in [0.5, 0.6) is 0 Å². The highest BCUT2D eigenvalue weighted by Crippen LogP contribution is 2.17. The van der Waals surface area contributed by atoms with E-state index in [1.165, 1.54) is 36.4 Å². The van der Waals surface area contributed by atoms with Gasteiger partial charge < -0.3 is 11.1 Å². The highest BCUT2D eigenvalue weighted by molar-refractivity contribution is 6.30. The quantitative estimate of drug-likeness (QED) is 0.309. The summed E-state index contributed by atoms with van der Waals surface area (Å²) < 4.78 is 14.0. The molecule has 0 heterocycles. The van der Waals surface area contributed by atoms with Crippen LogP contribution in [0.2, 0.25) is 5.02 Å². The molecule has 3 rings (SSSR count). The predicted octanol–water partition coefficient (Wildman–Crippen LogP) is 5.61.